The molecule has 116 valence electrons. The molecule has 0 fully saturated rings. The number of hydrogen-bond acceptors (Lipinski definition) is 2. The Morgan fingerprint density at radius 2 is 2.18 bits per heavy atom. The second-order valence-corrected chi connectivity index (χ2v) is 5.46. The van der Waals surface area contributed by atoms with E-state index in [9.17, 15) is 9.90 Å². The predicted molar refractivity (Wildman–Crippen MR) is 88.0 cm³/mol. The van der Waals surface area contributed by atoms with Crippen molar-refractivity contribution >= 4 is 17.6 Å². The van der Waals surface area contributed by atoms with Crippen LogP contribution in [-0.2, 0) is 6.42 Å². The number of carboxylic acids is 1. The van der Waals surface area contributed by atoms with Gasteiger partial charge < -0.3 is 5.11 Å². The molecule has 0 saturated carbocycles. The average Bonchev–Trinajstić information content (AvgIpc) is 2.80. The zero-order valence-electron chi connectivity index (χ0n) is 12.7. The zero-order valence-corrected chi connectivity index (χ0v) is 13.5. The van der Waals surface area contributed by atoms with Crippen molar-refractivity contribution in [3.8, 4) is 5.69 Å². The Labute approximate surface area is 135 Å². The molecule has 2 aromatic rings. The van der Waals surface area contributed by atoms with E-state index in [1.54, 1.807) is 23.7 Å². The van der Waals surface area contributed by atoms with Crippen LogP contribution in [0.3, 0.4) is 0 Å². The maximum atomic E-state index is 11.5. The number of hydrogen-bond donors (Lipinski definition) is 1. The van der Waals surface area contributed by atoms with E-state index in [1.165, 1.54) is 0 Å². The van der Waals surface area contributed by atoms with Gasteiger partial charge in [-0.1, -0.05) is 36.7 Å². The summed E-state index contributed by atoms with van der Waals surface area (Å²) < 4.78 is 1.65. The van der Waals surface area contributed by atoms with Gasteiger partial charge in [-0.2, -0.15) is 5.10 Å². The summed E-state index contributed by atoms with van der Waals surface area (Å²) in [4.78, 5) is 11.5. The molecule has 1 aromatic carbocycles. The highest BCUT2D eigenvalue weighted by Gasteiger charge is 2.20. The summed E-state index contributed by atoms with van der Waals surface area (Å²) in [6.07, 6.45) is 6.48. The number of aromatic nitrogens is 2. The lowest BCUT2D eigenvalue weighted by molar-refractivity contribution is 0.0695. The predicted octanol–water partition coefficient (Wildman–Crippen LogP) is 4.43. The van der Waals surface area contributed by atoms with Crippen molar-refractivity contribution in [1.82, 2.24) is 9.78 Å². The fourth-order valence-corrected chi connectivity index (χ4v) is 2.56. The van der Waals surface area contributed by atoms with E-state index < -0.39 is 5.97 Å². The highest BCUT2D eigenvalue weighted by atomic mass is 35.5. The molecule has 0 aliphatic rings. The van der Waals surface area contributed by atoms with Gasteiger partial charge in [-0.25, -0.2) is 9.48 Å². The van der Waals surface area contributed by atoms with Gasteiger partial charge in [0.15, 0.2) is 0 Å². The molecule has 0 bridgehead atoms. The van der Waals surface area contributed by atoms with E-state index in [4.69, 9.17) is 11.6 Å². The fraction of sp³-hybridized carbons (Fsp3) is 0.294. The first-order chi connectivity index (χ1) is 10.5. The number of halogens is 1. The molecule has 1 heterocycles. The van der Waals surface area contributed by atoms with Gasteiger partial charge in [-0.3, -0.25) is 0 Å². The maximum absolute atomic E-state index is 11.5. The third-order valence-electron chi connectivity index (χ3n) is 3.41. The lowest BCUT2D eigenvalue weighted by atomic mass is 10.1. The van der Waals surface area contributed by atoms with Crippen molar-refractivity contribution < 1.29 is 9.90 Å². The Morgan fingerprint density at radius 3 is 2.82 bits per heavy atom. The summed E-state index contributed by atoms with van der Waals surface area (Å²) in [6.45, 7) is 3.83. The van der Waals surface area contributed by atoms with Gasteiger partial charge in [0.1, 0.15) is 5.56 Å². The van der Waals surface area contributed by atoms with Gasteiger partial charge in [0.2, 0.25) is 0 Å². The monoisotopic (exact) mass is 318 g/mol. The standard InChI is InChI=1S/C17H19ClN2O2/c1-3-4-5-6-10-15-16(17(21)22)12(2)20(19-15)14-9-7-8-13(18)11-14/h4-5,7-9,11H,3,6,10H2,1-2H3,(H,21,22). The Bertz CT molecular complexity index is 705. The highest BCUT2D eigenvalue weighted by Crippen LogP contribution is 2.21. The second kappa shape index (κ2) is 7.27. The molecule has 4 nitrogen and oxygen atoms in total. The number of carboxylic acid groups (broad SMARTS) is 1. The minimum absolute atomic E-state index is 0.282. The van der Waals surface area contributed by atoms with E-state index in [-0.39, 0.29) is 5.56 Å². The minimum atomic E-state index is -0.944. The number of carbonyl (C=O) groups is 1. The molecule has 0 amide bonds. The fourth-order valence-electron chi connectivity index (χ4n) is 2.38. The molecule has 1 N–H and O–H groups in total. The first kappa shape index (κ1) is 16.3. The van der Waals surface area contributed by atoms with Crippen LogP contribution in [0.5, 0.6) is 0 Å². The smallest absolute Gasteiger partial charge is 0.339 e. The highest BCUT2D eigenvalue weighted by molar-refractivity contribution is 6.30. The first-order valence-electron chi connectivity index (χ1n) is 7.27. The number of aryl methyl sites for hydroxylation is 1. The van der Waals surface area contributed by atoms with E-state index in [0.717, 1.165) is 18.5 Å². The van der Waals surface area contributed by atoms with Gasteiger partial charge >= 0.3 is 5.97 Å². The Kier molecular flexibility index (Phi) is 5.39. The van der Waals surface area contributed by atoms with Crippen LogP contribution in [-0.4, -0.2) is 20.9 Å². The van der Waals surface area contributed by atoms with Crippen LogP contribution >= 0.6 is 11.6 Å². The minimum Gasteiger partial charge on any atom is -0.478 e. The van der Waals surface area contributed by atoms with Crippen LogP contribution in [0.15, 0.2) is 36.4 Å². The lowest BCUT2D eigenvalue weighted by Crippen LogP contribution is -2.03. The molecule has 22 heavy (non-hydrogen) atoms. The van der Waals surface area contributed by atoms with E-state index >= 15 is 0 Å². The normalized spacial score (nSPS) is 11.2. The van der Waals surface area contributed by atoms with Gasteiger partial charge in [0, 0.05) is 5.02 Å². The number of benzene rings is 1. The summed E-state index contributed by atoms with van der Waals surface area (Å²) >= 11 is 6.01. The molecular formula is C17H19ClN2O2. The van der Waals surface area contributed by atoms with Crippen molar-refractivity contribution in [3.63, 3.8) is 0 Å². The van der Waals surface area contributed by atoms with Crippen molar-refractivity contribution in [3.05, 3.63) is 58.4 Å². The van der Waals surface area contributed by atoms with Crippen LogP contribution in [0.25, 0.3) is 5.69 Å². The molecule has 5 heteroatoms. The molecule has 0 unspecified atom stereocenters. The summed E-state index contributed by atoms with van der Waals surface area (Å²) in [5, 5.41) is 14.5. The SMILES string of the molecule is CCC=CCCc1nn(-c2cccc(Cl)c2)c(C)c1C(=O)O. The topological polar surface area (TPSA) is 55.1 Å². The molecule has 0 atom stereocenters. The molecule has 0 spiro atoms. The molecule has 2 rings (SSSR count). The summed E-state index contributed by atoms with van der Waals surface area (Å²) in [5.74, 6) is -0.944. The Balaban J connectivity index is 2.40. The number of rotatable bonds is 6. The average molecular weight is 319 g/mol. The second-order valence-electron chi connectivity index (χ2n) is 5.02. The number of nitrogens with zero attached hydrogens (tertiary/aromatic N) is 2. The van der Waals surface area contributed by atoms with E-state index in [1.807, 2.05) is 12.1 Å². The molecule has 0 aliphatic heterocycles. The molecule has 0 radical (unpaired) electrons. The van der Waals surface area contributed by atoms with Crippen LogP contribution in [0.2, 0.25) is 5.02 Å². The lowest BCUT2D eigenvalue weighted by Gasteiger charge is -2.04. The largest absolute Gasteiger partial charge is 0.478 e. The van der Waals surface area contributed by atoms with Crippen LogP contribution in [0.4, 0.5) is 0 Å². The molecule has 1 aromatic heterocycles. The van der Waals surface area contributed by atoms with Crippen LogP contribution in [0.1, 0.15) is 41.5 Å². The van der Waals surface area contributed by atoms with E-state index in [2.05, 4.69) is 24.2 Å². The third kappa shape index (κ3) is 3.57. The first-order valence-corrected chi connectivity index (χ1v) is 7.65. The Morgan fingerprint density at radius 1 is 1.41 bits per heavy atom. The van der Waals surface area contributed by atoms with Crippen LogP contribution < -0.4 is 0 Å². The molecule has 0 aliphatic carbocycles. The maximum Gasteiger partial charge on any atom is 0.339 e. The number of aromatic carboxylic acids is 1. The van der Waals surface area contributed by atoms with Crippen molar-refractivity contribution in [1.29, 1.82) is 0 Å². The molecule has 0 saturated heterocycles. The summed E-state index contributed by atoms with van der Waals surface area (Å²) in [6, 6.07) is 7.23. The van der Waals surface area contributed by atoms with Crippen LogP contribution in [0, 0.1) is 6.92 Å². The van der Waals surface area contributed by atoms with E-state index in [0.29, 0.717) is 22.8 Å². The Hall–Kier alpha value is -2.07. The van der Waals surface area contributed by atoms with Crippen molar-refractivity contribution in [2.75, 3.05) is 0 Å². The summed E-state index contributed by atoms with van der Waals surface area (Å²) in [7, 11) is 0. The zero-order chi connectivity index (χ0) is 16.1. The van der Waals surface area contributed by atoms with Gasteiger partial charge in [-0.05, 0) is 44.4 Å². The van der Waals surface area contributed by atoms with Crippen molar-refractivity contribution in [2.45, 2.75) is 33.1 Å². The van der Waals surface area contributed by atoms with Gasteiger partial charge in [0.25, 0.3) is 0 Å². The molecular weight excluding hydrogens is 300 g/mol. The number of allylic oxidation sites excluding steroid dienone is 2. The summed E-state index contributed by atoms with van der Waals surface area (Å²) in [5.41, 5.74) is 2.27. The quantitative estimate of drug-likeness (QED) is 0.801. The van der Waals surface area contributed by atoms with Crippen molar-refractivity contribution in [2.24, 2.45) is 0 Å². The van der Waals surface area contributed by atoms with Gasteiger partial charge in [-0.15, -0.1) is 0 Å². The third-order valence-corrected chi connectivity index (χ3v) is 3.64. The van der Waals surface area contributed by atoms with Gasteiger partial charge in [0.05, 0.1) is 17.1 Å².